The first-order valence-corrected chi connectivity index (χ1v) is 5.19. The van der Waals surface area contributed by atoms with Gasteiger partial charge in [-0.3, -0.25) is 4.79 Å². The monoisotopic (exact) mass is 262 g/mol. The number of halogens is 3. The molecular weight excluding hydrogens is 249 g/mol. The van der Waals surface area contributed by atoms with Crippen molar-refractivity contribution in [2.75, 3.05) is 18.8 Å². The van der Waals surface area contributed by atoms with Gasteiger partial charge < -0.3 is 15.7 Å². The SMILES string of the molecule is CCN(CC(F)(F)F)C(=O)c1cc(O)ccc1N. The van der Waals surface area contributed by atoms with E-state index in [4.69, 9.17) is 5.73 Å². The topological polar surface area (TPSA) is 66.6 Å². The van der Waals surface area contributed by atoms with Gasteiger partial charge in [-0.05, 0) is 25.1 Å². The predicted octanol–water partition coefficient (Wildman–Crippen LogP) is 2.00. The van der Waals surface area contributed by atoms with Crippen molar-refractivity contribution in [3.05, 3.63) is 23.8 Å². The van der Waals surface area contributed by atoms with Gasteiger partial charge in [0.15, 0.2) is 0 Å². The molecule has 1 aromatic rings. The minimum atomic E-state index is -4.47. The number of amides is 1. The summed E-state index contributed by atoms with van der Waals surface area (Å²) < 4.78 is 36.8. The molecule has 0 aliphatic heterocycles. The molecule has 18 heavy (non-hydrogen) atoms. The van der Waals surface area contributed by atoms with E-state index in [-0.39, 0.29) is 23.5 Å². The fraction of sp³-hybridized carbons (Fsp3) is 0.364. The summed E-state index contributed by atoms with van der Waals surface area (Å²) in [4.78, 5) is 12.5. The maximum Gasteiger partial charge on any atom is 0.406 e. The fourth-order valence-corrected chi connectivity index (χ4v) is 1.44. The van der Waals surface area contributed by atoms with Crippen LogP contribution in [-0.4, -0.2) is 35.2 Å². The van der Waals surface area contributed by atoms with Crippen molar-refractivity contribution < 1.29 is 23.1 Å². The molecule has 0 heterocycles. The lowest BCUT2D eigenvalue weighted by atomic mass is 10.1. The summed E-state index contributed by atoms with van der Waals surface area (Å²) in [6.45, 7) is -0.0203. The lowest BCUT2D eigenvalue weighted by Gasteiger charge is -2.23. The third-order valence-electron chi connectivity index (χ3n) is 2.31. The normalized spacial score (nSPS) is 11.3. The highest BCUT2D eigenvalue weighted by molar-refractivity contribution is 5.99. The second-order valence-electron chi connectivity index (χ2n) is 3.71. The smallest absolute Gasteiger partial charge is 0.406 e. The zero-order valence-corrected chi connectivity index (χ0v) is 9.66. The van der Waals surface area contributed by atoms with Crippen molar-refractivity contribution in [1.29, 1.82) is 0 Å². The molecule has 0 aliphatic rings. The van der Waals surface area contributed by atoms with Crippen LogP contribution < -0.4 is 5.73 Å². The minimum Gasteiger partial charge on any atom is -0.508 e. The molecule has 0 saturated carbocycles. The molecule has 4 nitrogen and oxygen atoms in total. The molecule has 1 rings (SSSR count). The van der Waals surface area contributed by atoms with E-state index >= 15 is 0 Å². The van der Waals surface area contributed by atoms with Crippen LogP contribution in [0.15, 0.2) is 18.2 Å². The Morgan fingerprint density at radius 2 is 2.06 bits per heavy atom. The zero-order valence-electron chi connectivity index (χ0n) is 9.66. The molecule has 100 valence electrons. The number of hydrogen-bond acceptors (Lipinski definition) is 3. The molecule has 0 bridgehead atoms. The minimum absolute atomic E-state index is 0.0263. The second-order valence-corrected chi connectivity index (χ2v) is 3.71. The number of hydrogen-bond donors (Lipinski definition) is 2. The molecule has 7 heteroatoms. The van der Waals surface area contributed by atoms with Crippen LogP contribution in [-0.2, 0) is 0 Å². The first-order chi connectivity index (χ1) is 8.24. The van der Waals surface area contributed by atoms with Gasteiger partial charge in [-0.1, -0.05) is 0 Å². The van der Waals surface area contributed by atoms with E-state index in [2.05, 4.69) is 0 Å². The van der Waals surface area contributed by atoms with Gasteiger partial charge >= 0.3 is 6.18 Å². The van der Waals surface area contributed by atoms with Crippen LogP contribution in [0.4, 0.5) is 18.9 Å². The first-order valence-electron chi connectivity index (χ1n) is 5.19. The van der Waals surface area contributed by atoms with Crippen LogP contribution in [0.25, 0.3) is 0 Å². The third kappa shape index (κ3) is 3.54. The molecule has 0 aliphatic carbocycles. The van der Waals surface area contributed by atoms with Crippen molar-refractivity contribution in [3.63, 3.8) is 0 Å². The maximum absolute atomic E-state index is 12.3. The van der Waals surface area contributed by atoms with Crippen LogP contribution >= 0.6 is 0 Å². The fourth-order valence-electron chi connectivity index (χ4n) is 1.44. The zero-order chi connectivity index (χ0) is 13.9. The largest absolute Gasteiger partial charge is 0.508 e. The molecule has 0 fully saturated rings. The average molecular weight is 262 g/mol. The summed E-state index contributed by atoms with van der Waals surface area (Å²) in [5.41, 5.74) is 5.40. The van der Waals surface area contributed by atoms with Crippen molar-refractivity contribution >= 4 is 11.6 Å². The summed E-state index contributed by atoms with van der Waals surface area (Å²) >= 11 is 0. The molecule has 1 amide bonds. The van der Waals surface area contributed by atoms with Gasteiger partial charge in [0.25, 0.3) is 5.91 Å². The van der Waals surface area contributed by atoms with Crippen LogP contribution in [0.1, 0.15) is 17.3 Å². The van der Waals surface area contributed by atoms with Crippen molar-refractivity contribution in [1.82, 2.24) is 4.90 Å². The molecule has 0 atom stereocenters. The Bertz CT molecular complexity index is 446. The van der Waals surface area contributed by atoms with Crippen molar-refractivity contribution in [2.45, 2.75) is 13.1 Å². The Kier molecular flexibility index (Phi) is 4.05. The number of phenolic OH excluding ortho intramolecular Hbond substituents is 1. The summed E-state index contributed by atoms with van der Waals surface area (Å²) in [7, 11) is 0. The standard InChI is InChI=1S/C11H13F3N2O2/c1-2-16(6-11(12,13)14)10(18)8-5-7(17)3-4-9(8)15/h3-5,17H,2,6,15H2,1H3. The van der Waals surface area contributed by atoms with E-state index in [1.54, 1.807) is 0 Å². The first kappa shape index (κ1) is 14.1. The molecule has 3 N–H and O–H groups in total. The van der Waals surface area contributed by atoms with E-state index < -0.39 is 18.6 Å². The van der Waals surface area contributed by atoms with E-state index in [1.807, 2.05) is 0 Å². The highest BCUT2D eigenvalue weighted by Crippen LogP contribution is 2.22. The quantitative estimate of drug-likeness (QED) is 0.646. The number of nitrogens with zero attached hydrogens (tertiary/aromatic N) is 1. The Labute approximate surface area is 102 Å². The Morgan fingerprint density at radius 1 is 1.44 bits per heavy atom. The number of rotatable bonds is 3. The Balaban J connectivity index is 3.00. The van der Waals surface area contributed by atoms with Gasteiger partial charge in [-0.2, -0.15) is 13.2 Å². The summed E-state index contributed by atoms with van der Waals surface area (Å²) in [5.74, 6) is -1.08. The highest BCUT2D eigenvalue weighted by Gasteiger charge is 2.33. The van der Waals surface area contributed by atoms with Crippen LogP contribution in [0, 0.1) is 0 Å². The summed E-state index contributed by atoms with van der Waals surface area (Å²) in [5, 5.41) is 9.22. The average Bonchev–Trinajstić information content (AvgIpc) is 2.27. The van der Waals surface area contributed by atoms with Crippen LogP contribution in [0.3, 0.4) is 0 Å². The number of aromatic hydroxyl groups is 1. The molecule has 0 spiro atoms. The van der Waals surface area contributed by atoms with Gasteiger partial charge in [0.1, 0.15) is 12.3 Å². The third-order valence-corrected chi connectivity index (χ3v) is 2.31. The highest BCUT2D eigenvalue weighted by atomic mass is 19.4. The molecule has 0 saturated heterocycles. The number of nitrogens with two attached hydrogens (primary N) is 1. The summed E-state index contributed by atoms with van der Waals surface area (Å²) in [6, 6.07) is 3.58. The number of nitrogen functional groups attached to an aromatic ring is 1. The van der Waals surface area contributed by atoms with E-state index in [0.29, 0.717) is 4.90 Å². The van der Waals surface area contributed by atoms with Gasteiger partial charge in [0.2, 0.25) is 0 Å². The van der Waals surface area contributed by atoms with Crippen molar-refractivity contribution in [3.8, 4) is 5.75 Å². The number of benzene rings is 1. The number of alkyl halides is 3. The second kappa shape index (κ2) is 5.16. The Morgan fingerprint density at radius 3 is 2.56 bits per heavy atom. The van der Waals surface area contributed by atoms with Crippen LogP contribution in [0.5, 0.6) is 5.75 Å². The molecule has 0 radical (unpaired) electrons. The number of carbonyl (C=O) groups is 1. The van der Waals surface area contributed by atoms with Crippen molar-refractivity contribution in [2.24, 2.45) is 0 Å². The maximum atomic E-state index is 12.3. The number of anilines is 1. The van der Waals surface area contributed by atoms with Crippen LogP contribution in [0.2, 0.25) is 0 Å². The molecule has 0 unspecified atom stereocenters. The number of phenols is 1. The predicted molar refractivity (Wildman–Crippen MR) is 60.2 cm³/mol. The van der Waals surface area contributed by atoms with Gasteiger partial charge in [0.05, 0.1) is 5.56 Å². The van der Waals surface area contributed by atoms with Gasteiger partial charge in [0, 0.05) is 12.2 Å². The van der Waals surface area contributed by atoms with Gasteiger partial charge in [-0.25, -0.2) is 0 Å². The van der Waals surface area contributed by atoms with E-state index in [9.17, 15) is 23.1 Å². The number of carbonyl (C=O) groups excluding carboxylic acids is 1. The molecule has 1 aromatic carbocycles. The summed E-state index contributed by atoms with van der Waals surface area (Å²) in [6.07, 6.45) is -4.47. The van der Waals surface area contributed by atoms with E-state index in [0.717, 1.165) is 6.07 Å². The molecular formula is C11H13F3N2O2. The van der Waals surface area contributed by atoms with E-state index in [1.165, 1.54) is 19.1 Å². The molecule has 0 aromatic heterocycles. The lowest BCUT2D eigenvalue weighted by Crippen LogP contribution is -2.39. The lowest BCUT2D eigenvalue weighted by molar-refractivity contribution is -0.140. The van der Waals surface area contributed by atoms with Gasteiger partial charge in [-0.15, -0.1) is 0 Å². The Hall–Kier alpha value is -1.92.